The van der Waals surface area contributed by atoms with E-state index in [0.717, 1.165) is 5.69 Å². The minimum absolute atomic E-state index is 0.0814. The van der Waals surface area contributed by atoms with Gasteiger partial charge in [-0.25, -0.2) is 0 Å². The van der Waals surface area contributed by atoms with Crippen LogP contribution in [-0.2, 0) is 4.79 Å². The Kier molecular flexibility index (Phi) is 5.12. The first-order valence-electron chi connectivity index (χ1n) is 7.34. The van der Waals surface area contributed by atoms with Gasteiger partial charge in [0, 0.05) is 12.2 Å². The van der Waals surface area contributed by atoms with Gasteiger partial charge < -0.3 is 9.73 Å². The van der Waals surface area contributed by atoms with Crippen LogP contribution in [0.3, 0.4) is 0 Å². The summed E-state index contributed by atoms with van der Waals surface area (Å²) in [4.78, 5) is 11.8. The van der Waals surface area contributed by atoms with Crippen molar-refractivity contribution in [2.75, 3.05) is 12.3 Å². The molecule has 6 nitrogen and oxygen atoms in total. The van der Waals surface area contributed by atoms with Crippen molar-refractivity contribution in [2.24, 2.45) is 0 Å². The van der Waals surface area contributed by atoms with E-state index in [1.807, 2.05) is 41.0 Å². The van der Waals surface area contributed by atoms with E-state index < -0.39 is 0 Å². The first-order valence-corrected chi connectivity index (χ1v) is 8.33. The molecule has 3 aromatic rings. The molecule has 0 fully saturated rings. The van der Waals surface area contributed by atoms with Gasteiger partial charge >= 0.3 is 0 Å². The molecule has 0 bridgehead atoms. The van der Waals surface area contributed by atoms with Crippen molar-refractivity contribution >= 4 is 17.7 Å². The van der Waals surface area contributed by atoms with Crippen molar-refractivity contribution in [3.8, 4) is 17.3 Å². The zero-order valence-corrected chi connectivity index (χ0v) is 13.7. The Labute approximate surface area is 143 Å². The van der Waals surface area contributed by atoms with Gasteiger partial charge in [0.25, 0.3) is 0 Å². The second kappa shape index (κ2) is 7.65. The molecule has 7 heteroatoms. The number of carbonyl (C=O) groups excluding carboxylic acids is 1. The number of nitrogens with zero attached hydrogens (tertiary/aromatic N) is 3. The molecule has 3 rings (SSSR count). The lowest BCUT2D eigenvalue weighted by Crippen LogP contribution is -2.25. The van der Waals surface area contributed by atoms with E-state index in [2.05, 4.69) is 22.1 Å². The van der Waals surface area contributed by atoms with Gasteiger partial charge in [-0.2, -0.15) is 0 Å². The molecule has 0 aliphatic carbocycles. The molecule has 0 aliphatic rings. The molecule has 1 aromatic carbocycles. The lowest BCUT2D eigenvalue weighted by Gasteiger charge is -2.09. The molecule has 0 spiro atoms. The molecule has 0 radical (unpaired) electrons. The number of aromatic nitrogens is 3. The van der Waals surface area contributed by atoms with E-state index in [4.69, 9.17) is 4.42 Å². The first kappa shape index (κ1) is 16.1. The minimum atomic E-state index is -0.0814. The average molecular weight is 340 g/mol. The number of benzene rings is 1. The number of para-hydroxylation sites is 1. The van der Waals surface area contributed by atoms with Gasteiger partial charge in [0.2, 0.25) is 11.7 Å². The fourth-order valence-corrected chi connectivity index (χ4v) is 2.89. The Morgan fingerprint density at radius 2 is 2.08 bits per heavy atom. The Morgan fingerprint density at radius 3 is 2.79 bits per heavy atom. The van der Waals surface area contributed by atoms with Gasteiger partial charge in [-0.15, -0.1) is 16.8 Å². The molecular weight excluding hydrogens is 324 g/mol. The van der Waals surface area contributed by atoms with E-state index in [0.29, 0.717) is 23.3 Å². The molecule has 0 aliphatic heterocycles. The second-order valence-electron chi connectivity index (χ2n) is 4.84. The maximum absolute atomic E-state index is 11.8. The lowest BCUT2D eigenvalue weighted by atomic mass is 10.3. The molecule has 0 saturated carbocycles. The van der Waals surface area contributed by atoms with Crippen LogP contribution in [0.1, 0.15) is 0 Å². The predicted molar refractivity (Wildman–Crippen MR) is 93.0 cm³/mol. The predicted octanol–water partition coefficient (Wildman–Crippen LogP) is 2.92. The number of hydrogen-bond acceptors (Lipinski definition) is 5. The van der Waals surface area contributed by atoms with Gasteiger partial charge in [-0.1, -0.05) is 36.0 Å². The maximum atomic E-state index is 11.8. The Morgan fingerprint density at radius 1 is 1.25 bits per heavy atom. The summed E-state index contributed by atoms with van der Waals surface area (Å²) in [6, 6.07) is 13.4. The van der Waals surface area contributed by atoms with E-state index in [-0.39, 0.29) is 11.7 Å². The van der Waals surface area contributed by atoms with Crippen LogP contribution < -0.4 is 5.32 Å². The summed E-state index contributed by atoms with van der Waals surface area (Å²) < 4.78 is 7.33. The van der Waals surface area contributed by atoms with Gasteiger partial charge in [0.1, 0.15) is 0 Å². The second-order valence-corrected chi connectivity index (χ2v) is 5.78. The number of nitrogens with one attached hydrogen (secondary N) is 1. The molecule has 1 N–H and O–H groups in total. The van der Waals surface area contributed by atoms with Gasteiger partial charge in [0.05, 0.1) is 12.0 Å². The van der Waals surface area contributed by atoms with Crippen molar-refractivity contribution in [2.45, 2.75) is 5.16 Å². The maximum Gasteiger partial charge on any atom is 0.230 e. The highest BCUT2D eigenvalue weighted by molar-refractivity contribution is 7.99. The number of amides is 1. The van der Waals surface area contributed by atoms with E-state index in [1.165, 1.54) is 11.8 Å². The Balaban J connectivity index is 1.89. The largest absolute Gasteiger partial charge is 0.461 e. The molecule has 0 atom stereocenters. The van der Waals surface area contributed by atoms with Crippen LogP contribution in [0.25, 0.3) is 17.3 Å². The van der Waals surface area contributed by atoms with Gasteiger partial charge in [-0.3, -0.25) is 9.36 Å². The summed E-state index contributed by atoms with van der Waals surface area (Å²) in [5.74, 6) is 1.38. The lowest BCUT2D eigenvalue weighted by molar-refractivity contribution is -0.118. The Bertz CT molecular complexity index is 813. The van der Waals surface area contributed by atoms with Crippen LogP contribution in [0, 0.1) is 0 Å². The van der Waals surface area contributed by atoms with Crippen molar-refractivity contribution in [1.82, 2.24) is 20.1 Å². The number of thioether (sulfide) groups is 1. The highest BCUT2D eigenvalue weighted by Crippen LogP contribution is 2.27. The van der Waals surface area contributed by atoms with E-state index in [9.17, 15) is 4.79 Å². The Hall–Kier alpha value is -2.80. The van der Waals surface area contributed by atoms with Crippen LogP contribution in [0.4, 0.5) is 0 Å². The fraction of sp³-hybridized carbons (Fsp3) is 0.118. The molecule has 122 valence electrons. The third-order valence-electron chi connectivity index (χ3n) is 3.17. The summed E-state index contributed by atoms with van der Waals surface area (Å²) in [6.45, 7) is 4.02. The zero-order valence-electron chi connectivity index (χ0n) is 12.9. The van der Waals surface area contributed by atoms with E-state index in [1.54, 1.807) is 18.4 Å². The molecule has 2 heterocycles. The topological polar surface area (TPSA) is 73.0 Å². The highest BCUT2D eigenvalue weighted by atomic mass is 32.2. The molecule has 24 heavy (non-hydrogen) atoms. The first-order chi connectivity index (χ1) is 11.8. The van der Waals surface area contributed by atoms with Crippen LogP contribution in [-0.4, -0.2) is 33.0 Å². The monoisotopic (exact) mass is 340 g/mol. The molecule has 2 aromatic heterocycles. The molecule has 0 saturated heterocycles. The van der Waals surface area contributed by atoms with E-state index >= 15 is 0 Å². The highest BCUT2D eigenvalue weighted by Gasteiger charge is 2.18. The zero-order chi connectivity index (χ0) is 16.8. The number of carbonyl (C=O) groups is 1. The molecule has 1 amide bonds. The summed E-state index contributed by atoms with van der Waals surface area (Å²) in [7, 11) is 0. The third-order valence-corrected chi connectivity index (χ3v) is 4.09. The van der Waals surface area contributed by atoms with Crippen molar-refractivity contribution in [3.63, 3.8) is 0 Å². The van der Waals surface area contributed by atoms with Crippen molar-refractivity contribution < 1.29 is 9.21 Å². The molecule has 0 unspecified atom stereocenters. The minimum Gasteiger partial charge on any atom is -0.461 e. The van der Waals surface area contributed by atoms with Crippen LogP contribution >= 0.6 is 11.8 Å². The quantitative estimate of drug-likeness (QED) is 0.529. The summed E-state index contributed by atoms with van der Waals surface area (Å²) in [5, 5.41) is 11.8. The summed E-state index contributed by atoms with van der Waals surface area (Å²) in [5.41, 5.74) is 0.905. The summed E-state index contributed by atoms with van der Waals surface area (Å²) >= 11 is 1.32. The number of furan rings is 1. The van der Waals surface area contributed by atoms with Crippen LogP contribution in [0.2, 0.25) is 0 Å². The average Bonchev–Trinajstić information content (AvgIpc) is 3.27. The van der Waals surface area contributed by atoms with Crippen molar-refractivity contribution in [1.29, 1.82) is 0 Å². The van der Waals surface area contributed by atoms with Crippen molar-refractivity contribution in [3.05, 3.63) is 61.4 Å². The normalized spacial score (nSPS) is 10.5. The SMILES string of the molecule is C=CCNC(=O)CSc1nnc(-c2ccco2)n1-c1ccccc1. The number of rotatable bonds is 7. The third kappa shape index (κ3) is 3.57. The fourth-order valence-electron chi connectivity index (χ4n) is 2.11. The number of hydrogen-bond donors (Lipinski definition) is 1. The molecular formula is C17H16N4O2S. The van der Waals surface area contributed by atoms with Crippen LogP contribution in [0.15, 0.2) is 71.0 Å². The summed E-state index contributed by atoms with van der Waals surface area (Å²) in [6.07, 6.45) is 3.24. The smallest absolute Gasteiger partial charge is 0.230 e. The van der Waals surface area contributed by atoms with Gasteiger partial charge in [-0.05, 0) is 24.3 Å². The van der Waals surface area contributed by atoms with Crippen LogP contribution in [0.5, 0.6) is 0 Å². The standard InChI is InChI=1S/C17H16N4O2S/c1-2-10-18-15(22)12-24-17-20-19-16(14-9-6-11-23-14)21(17)13-7-4-3-5-8-13/h2-9,11H,1,10,12H2,(H,18,22). The van der Waals surface area contributed by atoms with Gasteiger partial charge in [0.15, 0.2) is 10.9 Å².